The van der Waals surface area contributed by atoms with Crippen LogP contribution in [0.4, 0.5) is 17.1 Å². The highest BCUT2D eigenvalue weighted by molar-refractivity contribution is 6.90. The van der Waals surface area contributed by atoms with Crippen LogP contribution in [0.5, 0.6) is 0 Å². The van der Waals surface area contributed by atoms with Crippen molar-refractivity contribution in [2.24, 2.45) is 0 Å². The molecular formula is C63H51BN2. The Labute approximate surface area is 387 Å². The second kappa shape index (κ2) is 13.8. The van der Waals surface area contributed by atoms with E-state index in [1.807, 2.05) is 0 Å². The molecule has 0 spiro atoms. The van der Waals surface area contributed by atoms with Gasteiger partial charge in [0.25, 0.3) is 0 Å². The summed E-state index contributed by atoms with van der Waals surface area (Å²) in [5.41, 5.74) is 20.4. The number of anilines is 3. The number of hydrogen-bond donors (Lipinski definition) is 0. The number of benzene rings is 10. The fraction of sp³-hybridized carbons (Fsp3) is 0.143. The molecule has 0 saturated carbocycles. The van der Waals surface area contributed by atoms with Gasteiger partial charge in [-0.2, -0.15) is 0 Å². The Hall–Kier alpha value is -7.36. The Morgan fingerprint density at radius 2 is 1.05 bits per heavy atom. The summed E-state index contributed by atoms with van der Waals surface area (Å²) in [7, 11) is 0. The first-order chi connectivity index (χ1) is 31.9. The van der Waals surface area contributed by atoms with Gasteiger partial charge in [0.15, 0.2) is 0 Å². The molecule has 0 radical (unpaired) electrons. The van der Waals surface area contributed by atoms with Crippen molar-refractivity contribution in [3.63, 3.8) is 0 Å². The van der Waals surface area contributed by atoms with Crippen LogP contribution < -0.4 is 15.8 Å². The summed E-state index contributed by atoms with van der Waals surface area (Å²) < 4.78 is 2.75. The van der Waals surface area contributed by atoms with Crippen molar-refractivity contribution in [3.8, 4) is 33.4 Å². The molecule has 0 atom stereocenters. The van der Waals surface area contributed by atoms with Gasteiger partial charge in [-0.1, -0.05) is 163 Å². The van der Waals surface area contributed by atoms with Gasteiger partial charge in [0, 0.05) is 44.4 Å². The van der Waals surface area contributed by atoms with Crippen molar-refractivity contribution < 1.29 is 0 Å². The number of rotatable bonds is 3. The molecular weight excluding hydrogens is 796 g/mol. The lowest BCUT2D eigenvalue weighted by molar-refractivity contribution is 0.590. The Morgan fingerprint density at radius 1 is 0.439 bits per heavy atom. The molecule has 2 aliphatic heterocycles. The Balaban J connectivity index is 1.24. The third kappa shape index (κ3) is 5.69. The summed E-state index contributed by atoms with van der Waals surface area (Å²) in [4.78, 5) is 2.65. The summed E-state index contributed by atoms with van der Waals surface area (Å²) in [6, 6.07) is 69.3. The van der Waals surface area contributed by atoms with E-state index in [0.29, 0.717) is 0 Å². The van der Waals surface area contributed by atoms with Gasteiger partial charge >= 0.3 is 6.85 Å². The van der Waals surface area contributed by atoms with Gasteiger partial charge in [0.1, 0.15) is 0 Å². The summed E-state index contributed by atoms with van der Waals surface area (Å²) in [6.07, 6.45) is 0. The standard InChI is InChI=1S/C63H51BN2/c1-38-51-32-42-23-15-14-22-41(42)28-46(51)33-55-60(38)65(49-30-44(39-18-10-8-11-19-39)29-45(31-49)40-20-12-9-13-21-40)57-34-43-24-16-17-25-50(43)58-54-37-48(63(5,6)7)36-53-52-35-47(62(2,3)4)26-27-56(52)66(61(53)54)64(55)59(57)58/h8-37H,1-7H3. The van der Waals surface area contributed by atoms with E-state index in [4.69, 9.17) is 0 Å². The van der Waals surface area contributed by atoms with Crippen molar-refractivity contribution in [1.29, 1.82) is 0 Å². The van der Waals surface area contributed by atoms with E-state index in [9.17, 15) is 0 Å². The summed E-state index contributed by atoms with van der Waals surface area (Å²) >= 11 is 0. The van der Waals surface area contributed by atoms with Gasteiger partial charge in [-0.05, 0) is 166 Å². The minimum atomic E-state index is -0.0835. The first-order valence-corrected chi connectivity index (χ1v) is 23.6. The van der Waals surface area contributed by atoms with Crippen LogP contribution in [0.2, 0.25) is 0 Å². The summed E-state index contributed by atoms with van der Waals surface area (Å²) in [6.45, 7) is 16.4. The van der Waals surface area contributed by atoms with Crippen LogP contribution in [0, 0.1) is 6.92 Å². The lowest BCUT2D eigenvalue weighted by atomic mass is 9.44. The van der Waals surface area contributed by atoms with E-state index in [2.05, 4.69) is 240 Å². The topological polar surface area (TPSA) is 8.17 Å². The van der Waals surface area contributed by atoms with Crippen LogP contribution in [0.3, 0.4) is 0 Å². The second-order valence-corrected chi connectivity index (χ2v) is 21.0. The maximum atomic E-state index is 2.75. The number of nitrogens with zero attached hydrogens (tertiary/aromatic N) is 2. The Kier molecular flexibility index (Phi) is 8.18. The third-order valence-corrected chi connectivity index (χ3v) is 14.9. The van der Waals surface area contributed by atoms with Crippen LogP contribution in [-0.4, -0.2) is 11.3 Å². The van der Waals surface area contributed by atoms with E-state index in [0.717, 1.165) is 5.69 Å². The molecule has 3 heterocycles. The number of fused-ring (bicyclic) bond motifs is 11. The van der Waals surface area contributed by atoms with Gasteiger partial charge in [0.05, 0.1) is 0 Å². The Morgan fingerprint density at radius 3 is 1.71 bits per heavy atom. The molecule has 0 fully saturated rings. The van der Waals surface area contributed by atoms with E-state index < -0.39 is 0 Å². The largest absolute Gasteiger partial charge is 0.375 e. The molecule has 0 saturated heterocycles. The van der Waals surface area contributed by atoms with E-state index in [1.54, 1.807) is 0 Å². The predicted octanol–water partition coefficient (Wildman–Crippen LogP) is 15.9. The van der Waals surface area contributed by atoms with Crippen LogP contribution in [-0.2, 0) is 10.8 Å². The highest BCUT2D eigenvalue weighted by atomic mass is 15.2. The zero-order chi connectivity index (χ0) is 44.8. The molecule has 0 unspecified atom stereocenters. The fourth-order valence-electron chi connectivity index (χ4n) is 11.6. The molecule has 0 amide bonds. The SMILES string of the molecule is Cc1c2c(cc3cc4ccccc4cc13)B1c3c(cc4ccccc4c3-c3cc(C(C)(C)C)cc4c5cc(C(C)(C)C)ccc5n1c34)N2c1cc(-c2ccccc2)cc(-c2ccccc2)c1. The van der Waals surface area contributed by atoms with Crippen LogP contribution in [0.15, 0.2) is 182 Å². The minimum Gasteiger partial charge on any atom is -0.375 e. The lowest BCUT2D eigenvalue weighted by Crippen LogP contribution is -2.57. The smallest absolute Gasteiger partial charge is 0.333 e. The summed E-state index contributed by atoms with van der Waals surface area (Å²) in [5, 5.41) is 10.3. The average Bonchev–Trinajstić information content (AvgIpc) is 3.66. The van der Waals surface area contributed by atoms with Crippen LogP contribution in [0.25, 0.3) is 87.5 Å². The highest BCUT2D eigenvalue weighted by Crippen LogP contribution is 2.51. The molecule has 2 aliphatic rings. The van der Waals surface area contributed by atoms with E-state index >= 15 is 0 Å². The second-order valence-electron chi connectivity index (χ2n) is 21.0. The van der Waals surface area contributed by atoms with Crippen LogP contribution in [0.1, 0.15) is 58.2 Å². The monoisotopic (exact) mass is 846 g/mol. The van der Waals surface area contributed by atoms with Gasteiger partial charge in [0.2, 0.25) is 0 Å². The average molecular weight is 847 g/mol. The van der Waals surface area contributed by atoms with Crippen molar-refractivity contribution >= 4 is 89.0 Å². The first kappa shape index (κ1) is 39.0. The van der Waals surface area contributed by atoms with Crippen molar-refractivity contribution in [2.45, 2.75) is 59.3 Å². The summed E-state index contributed by atoms with van der Waals surface area (Å²) in [5.74, 6) is 0. The van der Waals surface area contributed by atoms with Crippen LogP contribution >= 0.6 is 0 Å². The van der Waals surface area contributed by atoms with E-state index in [-0.39, 0.29) is 17.7 Å². The highest BCUT2D eigenvalue weighted by Gasteiger charge is 2.45. The fourth-order valence-corrected chi connectivity index (χ4v) is 11.6. The molecule has 10 aromatic carbocycles. The molecule has 66 heavy (non-hydrogen) atoms. The molecule has 1 aromatic heterocycles. The minimum absolute atomic E-state index is 0.00320. The molecule has 13 rings (SSSR count). The van der Waals surface area contributed by atoms with Gasteiger partial charge in [-0.25, -0.2) is 0 Å². The normalized spacial score (nSPS) is 13.3. The van der Waals surface area contributed by atoms with E-state index in [1.165, 1.54) is 126 Å². The zero-order valence-corrected chi connectivity index (χ0v) is 38.8. The number of hydrogen-bond acceptors (Lipinski definition) is 1. The predicted molar refractivity (Wildman–Crippen MR) is 286 cm³/mol. The molecule has 11 aromatic rings. The Bertz CT molecular complexity index is 3790. The van der Waals surface area contributed by atoms with Gasteiger partial charge < -0.3 is 9.38 Å². The maximum absolute atomic E-state index is 2.75. The quantitative estimate of drug-likeness (QED) is 0.127. The molecule has 0 N–H and O–H groups in total. The van der Waals surface area contributed by atoms with Crippen molar-refractivity contribution in [2.75, 3.05) is 4.90 Å². The lowest BCUT2D eigenvalue weighted by Gasteiger charge is -2.42. The molecule has 0 bridgehead atoms. The molecule has 0 aliphatic carbocycles. The zero-order valence-electron chi connectivity index (χ0n) is 38.8. The molecule has 316 valence electrons. The third-order valence-electron chi connectivity index (χ3n) is 14.9. The van der Waals surface area contributed by atoms with Crippen molar-refractivity contribution in [1.82, 2.24) is 4.48 Å². The number of aromatic nitrogens is 1. The molecule has 3 heteroatoms. The maximum Gasteiger partial charge on any atom is 0.333 e. The van der Waals surface area contributed by atoms with Gasteiger partial charge in [-0.3, -0.25) is 0 Å². The van der Waals surface area contributed by atoms with Crippen molar-refractivity contribution in [3.05, 3.63) is 199 Å². The molecule has 2 nitrogen and oxygen atoms in total. The number of aryl methyl sites for hydroxylation is 1. The van der Waals surface area contributed by atoms with Gasteiger partial charge in [-0.15, -0.1) is 0 Å². The first-order valence-electron chi connectivity index (χ1n) is 23.6.